The maximum atomic E-state index is 9.54. The fraction of sp³-hybridized carbons (Fsp3) is 0.211. The first-order chi connectivity index (χ1) is 10.8. The Morgan fingerprint density at radius 2 is 2.00 bits per heavy atom. The van der Waals surface area contributed by atoms with Crippen molar-refractivity contribution in [1.82, 2.24) is 4.40 Å². The van der Waals surface area contributed by atoms with Crippen LogP contribution in [0.5, 0.6) is 0 Å². The van der Waals surface area contributed by atoms with E-state index in [1.165, 1.54) is 11.3 Å². The molecule has 0 amide bonds. The third kappa shape index (κ3) is 1.88. The van der Waals surface area contributed by atoms with E-state index in [0.29, 0.717) is 5.92 Å². The molecule has 0 bridgehead atoms. The number of anilines is 1. The fourth-order valence-corrected chi connectivity index (χ4v) is 3.50. The Morgan fingerprint density at radius 3 is 2.86 bits per heavy atom. The van der Waals surface area contributed by atoms with Crippen molar-refractivity contribution in [3.8, 4) is 6.07 Å². The Kier molecular flexibility index (Phi) is 2.90. The molecule has 3 heteroatoms. The van der Waals surface area contributed by atoms with Crippen LogP contribution in [-0.2, 0) is 6.54 Å². The summed E-state index contributed by atoms with van der Waals surface area (Å²) in [4.78, 5) is 2.38. The van der Waals surface area contributed by atoms with Crippen LogP contribution in [0.15, 0.2) is 54.9 Å². The van der Waals surface area contributed by atoms with Crippen molar-refractivity contribution in [1.29, 1.82) is 5.26 Å². The monoisotopic (exact) mass is 287 g/mol. The molecular formula is C19H17N3. The molecule has 2 aromatic heterocycles. The number of fused-ring (bicyclic) bond motifs is 2. The average molecular weight is 287 g/mol. The van der Waals surface area contributed by atoms with Crippen molar-refractivity contribution in [3.05, 3.63) is 71.5 Å². The molecule has 1 aromatic carbocycles. The van der Waals surface area contributed by atoms with Crippen LogP contribution < -0.4 is 4.90 Å². The van der Waals surface area contributed by atoms with Crippen molar-refractivity contribution in [2.24, 2.45) is 0 Å². The molecule has 0 radical (unpaired) electrons. The molecule has 22 heavy (non-hydrogen) atoms. The standard InChI is InChI=1S/C19H17N3/c1-14-11-22(18-7-3-2-6-16(14)18)13-15-12-21-9-5-4-8-19(21)17(15)10-20/h2-9,12,14H,11,13H2,1H3/t14-/m1/s1. The van der Waals surface area contributed by atoms with Gasteiger partial charge in [-0.25, -0.2) is 0 Å². The van der Waals surface area contributed by atoms with E-state index in [2.05, 4.69) is 48.4 Å². The molecule has 0 unspecified atom stereocenters. The molecule has 0 saturated carbocycles. The molecule has 1 aliphatic heterocycles. The van der Waals surface area contributed by atoms with Crippen LogP contribution in [0.1, 0.15) is 29.5 Å². The molecule has 3 nitrogen and oxygen atoms in total. The second-order valence-corrected chi connectivity index (χ2v) is 5.97. The second-order valence-electron chi connectivity index (χ2n) is 5.97. The highest BCUT2D eigenvalue weighted by molar-refractivity contribution is 5.67. The average Bonchev–Trinajstić information content (AvgIpc) is 3.06. The minimum Gasteiger partial charge on any atom is -0.366 e. The molecule has 0 spiro atoms. The van der Waals surface area contributed by atoms with E-state index in [1.807, 2.05) is 28.8 Å². The third-order valence-corrected chi connectivity index (χ3v) is 4.54. The minimum absolute atomic E-state index is 0.541. The zero-order valence-electron chi connectivity index (χ0n) is 12.5. The maximum absolute atomic E-state index is 9.54. The number of nitrogens with zero attached hydrogens (tertiary/aromatic N) is 3. The van der Waals surface area contributed by atoms with Gasteiger partial charge in [0.15, 0.2) is 0 Å². The first-order valence-electron chi connectivity index (χ1n) is 7.60. The van der Waals surface area contributed by atoms with Crippen LogP contribution in [0.4, 0.5) is 5.69 Å². The summed E-state index contributed by atoms with van der Waals surface area (Å²) in [6.45, 7) is 4.06. The normalized spacial score (nSPS) is 16.7. The van der Waals surface area contributed by atoms with Gasteiger partial charge in [-0.05, 0) is 23.8 Å². The summed E-state index contributed by atoms with van der Waals surface area (Å²) in [6, 6.07) is 16.9. The summed E-state index contributed by atoms with van der Waals surface area (Å²) < 4.78 is 2.04. The highest BCUT2D eigenvalue weighted by Gasteiger charge is 2.26. The number of hydrogen-bond acceptors (Lipinski definition) is 2. The fourth-order valence-electron chi connectivity index (χ4n) is 3.50. The largest absolute Gasteiger partial charge is 0.366 e. The zero-order valence-corrected chi connectivity index (χ0v) is 12.5. The van der Waals surface area contributed by atoms with E-state index in [1.54, 1.807) is 0 Å². The first kappa shape index (κ1) is 13.0. The van der Waals surface area contributed by atoms with Crippen LogP contribution in [-0.4, -0.2) is 10.9 Å². The summed E-state index contributed by atoms with van der Waals surface area (Å²) in [6.07, 6.45) is 4.08. The molecule has 0 aliphatic carbocycles. The predicted molar refractivity (Wildman–Crippen MR) is 88.0 cm³/mol. The van der Waals surface area contributed by atoms with Crippen molar-refractivity contribution in [2.75, 3.05) is 11.4 Å². The van der Waals surface area contributed by atoms with Crippen molar-refractivity contribution < 1.29 is 0 Å². The molecule has 3 aromatic rings. The number of aromatic nitrogens is 1. The van der Waals surface area contributed by atoms with Gasteiger partial charge in [-0.3, -0.25) is 0 Å². The first-order valence-corrected chi connectivity index (χ1v) is 7.60. The molecule has 1 atom stereocenters. The van der Waals surface area contributed by atoms with Crippen LogP contribution in [0.2, 0.25) is 0 Å². The molecule has 108 valence electrons. The quantitative estimate of drug-likeness (QED) is 0.715. The van der Waals surface area contributed by atoms with E-state index in [9.17, 15) is 5.26 Å². The van der Waals surface area contributed by atoms with Gasteiger partial charge in [-0.2, -0.15) is 5.26 Å². The van der Waals surface area contributed by atoms with E-state index >= 15 is 0 Å². The third-order valence-electron chi connectivity index (χ3n) is 4.54. The predicted octanol–water partition coefficient (Wildman–Crippen LogP) is 3.93. The molecular weight excluding hydrogens is 270 g/mol. The minimum atomic E-state index is 0.541. The van der Waals surface area contributed by atoms with Gasteiger partial charge in [-0.1, -0.05) is 31.2 Å². The lowest BCUT2D eigenvalue weighted by atomic mass is 10.0. The topological polar surface area (TPSA) is 31.4 Å². The number of rotatable bonds is 2. The summed E-state index contributed by atoms with van der Waals surface area (Å²) in [5.74, 6) is 0.541. The highest BCUT2D eigenvalue weighted by atomic mass is 15.2. The van der Waals surface area contributed by atoms with Gasteiger partial charge in [0.25, 0.3) is 0 Å². The van der Waals surface area contributed by atoms with Gasteiger partial charge in [-0.15, -0.1) is 0 Å². The van der Waals surface area contributed by atoms with Crippen molar-refractivity contribution in [3.63, 3.8) is 0 Å². The van der Waals surface area contributed by atoms with Gasteiger partial charge in [0, 0.05) is 42.7 Å². The van der Waals surface area contributed by atoms with E-state index in [0.717, 1.165) is 29.7 Å². The summed E-state index contributed by atoms with van der Waals surface area (Å²) >= 11 is 0. The van der Waals surface area contributed by atoms with Crippen LogP contribution in [0, 0.1) is 11.3 Å². The second kappa shape index (κ2) is 4.92. The Bertz CT molecular complexity index is 885. The van der Waals surface area contributed by atoms with Gasteiger partial charge in [0.2, 0.25) is 0 Å². The molecule has 3 heterocycles. The van der Waals surface area contributed by atoms with Gasteiger partial charge in [0.1, 0.15) is 6.07 Å². The Morgan fingerprint density at radius 1 is 1.18 bits per heavy atom. The molecule has 0 N–H and O–H groups in total. The summed E-state index contributed by atoms with van der Waals surface area (Å²) in [5, 5.41) is 9.54. The van der Waals surface area contributed by atoms with E-state index in [4.69, 9.17) is 0 Å². The summed E-state index contributed by atoms with van der Waals surface area (Å²) in [7, 11) is 0. The molecule has 1 aliphatic rings. The Labute approximate surface area is 130 Å². The highest BCUT2D eigenvalue weighted by Crippen LogP contribution is 2.37. The number of para-hydroxylation sites is 1. The summed E-state index contributed by atoms with van der Waals surface area (Å²) in [5.41, 5.74) is 5.58. The van der Waals surface area contributed by atoms with Crippen LogP contribution >= 0.6 is 0 Å². The maximum Gasteiger partial charge on any atom is 0.102 e. The molecule has 0 saturated heterocycles. The van der Waals surface area contributed by atoms with Gasteiger partial charge in [0.05, 0.1) is 11.1 Å². The van der Waals surface area contributed by atoms with Crippen LogP contribution in [0.25, 0.3) is 5.52 Å². The lowest BCUT2D eigenvalue weighted by Gasteiger charge is -2.19. The SMILES string of the molecule is C[C@@H]1CN(Cc2cn3ccccc3c2C#N)c2ccccc21. The van der Waals surface area contributed by atoms with Crippen LogP contribution in [0.3, 0.4) is 0 Å². The smallest absolute Gasteiger partial charge is 0.102 e. The van der Waals surface area contributed by atoms with Crippen molar-refractivity contribution in [2.45, 2.75) is 19.4 Å². The lowest BCUT2D eigenvalue weighted by Crippen LogP contribution is -2.20. The number of hydrogen-bond donors (Lipinski definition) is 0. The van der Waals surface area contributed by atoms with Crippen molar-refractivity contribution >= 4 is 11.2 Å². The van der Waals surface area contributed by atoms with E-state index in [-0.39, 0.29) is 0 Å². The van der Waals surface area contributed by atoms with Gasteiger partial charge < -0.3 is 9.30 Å². The molecule has 0 fully saturated rings. The van der Waals surface area contributed by atoms with Gasteiger partial charge >= 0.3 is 0 Å². The molecule has 4 rings (SSSR count). The number of pyridine rings is 1. The number of benzene rings is 1. The Balaban J connectivity index is 1.75. The number of nitriles is 1. The lowest BCUT2D eigenvalue weighted by molar-refractivity contribution is 0.745. The zero-order chi connectivity index (χ0) is 15.1. The van der Waals surface area contributed by atoms with E-state index < -0.39 is 0 Å². The Hall–Kier alpha value is -2.73.